The molecule has 1 N–H and O–H groups in total. The zero-order valence-electron chi connectivity index (χ0n) is 24.9. The largest absolute Gasteiger partial charge is 0.494 e. The molecule has 0 aliphatic rings. The van der Waals surface area contributed by atoms with Crippen molar-refractivity contribution in [2.24, 2.45) is 0 Å². The quantitative estimate of drug-likeness (QED) is 0.232. The van der Waals surface area contributed by atoms with Gasteiger partial charge in [-0.3, -0.25) is 13.9 Å². The van der Waals surface area contributed by atoms with Gasteiger partial charge in [-0.05, 0) is 94.0 Å². The van der Waals surface area contributed by atoms with Gasteiger partial charge in [0.15, 0.2) is 0 Å². The number of amides is 2. The molecule has 42 heavy (non-hydrogen) atoms. The number of anilines is 1. The Morgan fingerprint density at radius 1 is 0.929 bits per heavy atom. The molecule has 8 nitrogen and oxygen atoms in total. The number of thioether (sulfide) groups is 1. The average Bonchev–Trinajstić information content (AvgIpc) is 3.00. The van der Waals surface area contributed by atoms with Crippen molar-refractivity contribution in [3.8, 4) is 5.75 Å². The summed E-state index contributed by atoms with van der Waals surface area (Å²) in [5.74, 6) is -0.168. The highest BCUT2D eigenvalue weighted by Crippen LogP contribution is 2.27. The number of sulfonamides is 1. The standard InChI is InChI=1S/C32H41N3O5S2/c1-6-24(3)33-32(37)25(4)34(22-21-26-11-9-8-10-12-26)31(36)23-35(27-13-15-28(16-14-27)40-7-2)42(38,39)30-19-17-29(41-5)18-20-30/h8-20,24-25H,6-7,21-23H2,1-5H3,(H,33,37)/t24-,25+/m0/s1. The summed E-state index contributed by atoms with van der Waals surface area (Å²) in [5, 5.41) is 2.95. The predicted molar refractivity (Wildman–Crippen MR) is 170 cm³/mol. The maximum absolute atomic E-state index is 14.0. The van der Waals surface area contributed by atoms with E-state index in [4.69, 9.17) is 4.74 Å². The molecule has 0 bridgehead atoms. The number of nitrogens with zero attached hydrogens (tertiary/aromatic N) is 2. The van der Waals surface area contributed by atoms with Crippen molar-refractivity contribution < 1.29 is 22.7 Å². The topological polar surface area (TPSA) is 96.0 Å². The normalized spacial score (nSPS) is 12.7. The lowest BCUT2D eigenvalue weighted by atomic mass is 10.1. The van der Waals surface area contributed by atoms with Gasteiger partial charge < -0.3 is 15.0 Å². The second kappa shape index (κ2) is 15.7. The molecule has 0 saturated heterocycles. The first-order chi connectivity index (χ1) is 20.1. The van der Waals surface area contributed by atoms with Crippen LogP contribution in [0.1, 0.15) is 39.7 Å². The monoisotopic (exact) mass is 611 g/mol. The maximum atomic E-state index is 14.0. The van der Waals surface area contributed by atoms with E-state index in [1.54, 1.807) is 55.5 Å². The Kier molecular flexibility index (Phi) is 12.3. The van der Waals surface area contributed by atoms with E-state index in [-0.39, 0.29) is 23.4 Å². The molecule has 2 amide bonds. The summed E-state index contributed by atoms with van der Waals surface area (Å²) < 4.78 is 34.7. The molecule has 3 aromatic carbocycles. The fourth-order valence-corrected chi connectivity index (χ4v) is 6.14. The van der Waals surface area contributed by atoms with Gasteiger partial charge in [0.05, 0.1) is 17.2 Å². The number of nitrogens with one attached hydrogen (secondary N) is 1. The molecule has 0 heterocycles. The van der Waals surface area contributed by atoms with E-state index < -0.39 is 28.5 Å². The van der Waals surface area contributed by atoms with Crippen LogP contribution in [0.3, 0.4) is 0 Å². The van der Waals surface area contributed by atoms with Crippen LogP contribution in [0.2, 0.25) is 0 Å². The molecule has 0 aliphatic heterocycles. The minimum absolute atomic E-state index is 0.0592. The number of benzene rings is 3. The molecule has 0 fully saturated rings. The Balaban J connectivity index is 1.98. The second-order valence-electron chi connectivity index (χ2n) is 9.93. The van der Waals surface area contributed by atoms with E-state index in [9.17, 15) is 18.0 Å². The second-order valence-corrected chi connectivity index (χ2v) is 12.7. The van der Waals surface area contributed by atoms with Crippen LogP contribution in [0.5, 0.6) is 5.75 Å². The lowest BCUT2D eigenvalue weighted by molar-refractivity contribution is -0.139. The fraction of sp³-hybridized carbons (Fsp3) is 0.375. The van der Waals surface area contributed by atoms with E-state index in [0.29, 0.717) is 24.5 Å². The molecule has 10 heteroatoms. The van der Waals surface area contributed by atoms with Crippen LogP contribution in [0.4, 0.5) is 5.69 Å². The van der Waals surface area contributed by atoms with Crippen LogP contribution < -0.4 is 14.4 Å². The van der Waals surface area contributed by atoms with Crippen LogP contribution in [0.15, 0.2) is 88.7 Å². The first-order valence-electron chi connectivity index (χ1n) is 14.1. The van der Waals surface area contributed by atoms with Crippen molar-refractivity contribution in [1.82, 2.24) is 10.2 Å². The molecule has 3 rings (SSSR count). The van der Waals surface area contributed by atoms with E-state index >= 15 is 0 Å². The smallest absolute Gasteiger partial charge is 0.264 e. The number of carbonyl (C=O) groups excluding carboxylic acids is 2. The minimum Gasteiger partial charge on any atom is -0.494 e. The molecule has 0 unspecified atom stereocenters. The van der Waals surface area contributed by atoms with Crippen molar-refractivity contribution in [2.45, 2.75) is 62.4 Å². The van der Waals surface area contributed by atoms with Gasteiger partial charge in [0.1, 0.15) is 18.3 Å². The highest BCUT2D eigenvalue weighted by molar-refractivity contribution is 7.98. The van der Waals surface area contributed by atoms with E-state index in [1.165, 1.54) is 16.7 Å². The zero-order valence-corrected chi connectivity index (χ0v) is 26.6. The summed E-state index contributed by atoms with van der Waals surface area (Å²) >= 11 is 1.51. The first kappa shape index (κ1) is 33.0. The molecular weight excluding hydrogens is 571 g/mol. The van der Waals surface area contributed by atoms with Gasteiger partial charge in [-0.2, -0.15) is 0 Å². The average molecular weight is 612 g/mol. The summed E-state index contributed by atoms with van der Waals surface area (Å²) in [4.78, 5) is 29.6. The zero-order chi connectivity index (χ0) is 30.7. The summed E-state index contributed by atoms with van der Waals surface area (Å²) in [7, 11) is -4.13. The Morgan fingerprint density at radius 3 is 2.14 bits per heavy atom. The molecule has 0 aromatic heterocycles. The van der Waals surface area contributed by atoms with Gasteiger partial charge in [-0.15, -0.1) is 11.8 Å². The predicted octanol–water partition coefficient (Wildman–Crippen LogP) is 5.38. The van der Waals surface area contributed by atoms with Crippen LogP contribution in [-0.2, 0) is 26.0 Å². The van der Waals surface area contributed by atoms with Crippen LogP contribution in [0, 0.1) is 0 Å². The molecule has 2 atom stereocenters. The molecule has 0 aliphatic carbocycles. The molecule has 0 spiro atoms. The van der Waals surface area contributed by atoms with Gasteiger partial charge >= 0.3 is 0 Å². The minimum atomic E-state index is -4.13. The first-order valence-corrected chi connectivity index (χ1v) is 16.8. The van der Waals surface area contributed by atoms with Crippen molar-refractivity contribution in [2.75, 3.05) is 30.3 Å². The van der Waals surface area contributed by atoms with Crippen LogP contribution in [0.25, 0.3) is 0 Å². The molecular formula is C32H41N3O5S2. The maximum Gasteiger partial charge on any atom is 0.264 e. The number of carbonyl (C=O) groups is 2. The van der Waals surface area contributed by atoms with Gasteiger partial charge in [-0.25, -0.2) is 8.42 Å². The highest BCUT2D eigenvalue weighted by Gasteiger charge is 2.32. The summed E-state index contributed by atoms with van der Waals surface area (Å²) in [6.07, 6.45) is 3.17. The third-order valence-electron chi connectivity index (χ3n) is 7.01. The Labute approximate surface area is 254 Å². The van der Waals surface area contributed by atoms with Gasteiger partial charge in [0, 0.05) is 17.5 Å². The third kappa shape index (κ3) is 8.75. The van der Waals surface area contributed by atoms with Crippen molar-refractivity contribution in [3.63, 3.8) is 0 Å². The SMILES string of the molecule is CCOc1ccc(N(CC(=O)N(CCc2ccccc2)[C@H](C)C(=O)N[C@@H](C)CC)S(=O)(=O)c2ccc(SC)cc2)cc1. The highest BCUT2D eigenvalue weighted by atomic mass is 32.2. The van der Waals surface area contributed by atoms with Gasteiger partial charge in [0.25, 0.3) is 10.0 Å². The molecule has 0 radical (unpaired) electrons. The number of rotatable bonds is 15. The summed E-state index contributed by atoms with van der Waals surface area (Å²) in [5.41, 5.74) is 1.33. The van der Waals surface area contributed by atoms with Crippen molar-refractivity contribution in [3.05, 3.63) is 84.4 Å². The van der Waals surface area contributed by atoms with E-state index in [1.807, 2.05) is 57.4 Å². The number of ether oxygens (including phenoxy) is 1. The Hall–Kier alpha value is -3.50. The lowest BCUT2D eigenvalue weighted by Gasteiger charge is -2.32. The van der Waals surface area contributed by atoms with Gasteiger partial charge in [0.2, 0.25) is 11.8 Å². The molecule has 226 valence electrons. The van der Waals surface area contributed by atoms with Crippen molar-refractivity contribution in [1.29, 1.82) is 0 Å². The number of hydrogen-bond donors (Lipinski definition) is 1. The van der Waals surface area contributed by atoms with Crippen LogP contribution in [-0.4, -0.2) is 63.2 Å². The summed E-state index contributed by atoms with van der Waals surface area (Å²) in [6, 6.07) is 22.0. The van der Waals surface area contributed by atoms with E-state index in [0.717, 1.165) is 21.2 Å². The fourth-order valence-electron chi connectivity index (χ4n) is 4.31. The Bertz CT molecular complexity index is 1400. The van der Waals surface area contributed by atoms with Crippen molar-refractivity contribution >= 4 is 39.3 Å². The van der Waals surface area contributed by atoms with Crippen LogP contribution >= 0.6 is 11.8 Å². The lowest BCUT2D eigenvalue weighted by Crippen LogP contribution is -2.53. The molecule has 3 aromatic rings. The Morgan fingerprint density at radius 2 is 1.57 bits per heavy atom. The number of hydrogen-bond acceptors (Lipinski definition) is 6. The van der Waals surface area contributed by atoms with Gasteiger partial charge in [-0.1, -0.05) is 37.3 Å². The third-order valence-corrected chi connectivity index (χ3v) is 9.55. The van der Waals surface area contributed by atoms with E-state index in [2.05, 4.69) is 5.32 Å². The summed E-state index contributed by atoms with van der Waals surface area (Å²) in [6.45, 7) is 7.66. The molecule has 0 saturated carbocycles.